The molecule has 1 aromatic heterocycles. The molecule has 9 heteroatoms. The Morgan fingerprint density at radius 1 is 1.22 bits per heavy atom. The molecule has 1 atom stereocenters. The number of fused-ring (bicyclic) bond motifs is 1. The van der Waals surface area contributed by atoms with E-state index in [-0.39, 0.29) is 10.3 Å². The lowest BCUT2D eigenvalue weighted by Gasteiger charge is -2.20. The average molecular weight is 475 g/mol. The van der Waals surface area contributed by atoms with Crippen LogP contribution in [0.3, 0.4) is 0 Å². The van der Waals surface area contributed by atoms with Crippen LogP contribution >= 0.6 is 11.8 Å². The Kier molecular flexibility index (Phi) is 7.00. The lowest BCUT2D eigenvalue weighted by atomic mass is 10.0. The number of carbonyl (C=O) groups excluding carboxylic acids is 1. The normalized spacial score (nSPS) is 12.6. The van der Waals surface area contributed by atoms with Crippen molar-refractivity contribution in [3.05, 3.63) is 63.3 Å². The van der Waals surface area contributed by atoms with Crippen LogP contribution < -0.4 is 16.5 Å². The summed E-state index contributed by atoms with van der Waals surface area (Å²) in [6, 6.07) is 9.67. The first-order valence-electron chi connectivity index (χ1n) is 10.1. The number of aryl methyl sites for hydroxylation is 1. The molecule has 1 amide bonds. The second kappa shape index (κ2) is 9.38. The molecule has 0 fully saturated rings. The van der Waals surface area contributed by atoms with Crippen molar-refractivity contribution in [3.63, 3.8) is 0 Å². The fraction of sp³-hybridized carbons (Fsp3) is 0.304. The lowest BCUT2D eigenvalue weighted by Crippen LogP contribution is -2.24. The highest BCUT2D eigenvalue weighted by Crippen LogP contribution is 2.33. The van der Waals surface area contributed by atoms with Gasteiger partial charge in [0.15, 0.2) is 20.4 Å². The van der Waals surface area contributed by atoms with Gasteiger partial charge in [-0.25, -0.2) is 8.42 Å². The number of nitrogens with two attached hydrogens (primary N) is 1. The number of anilines is 1. The monoisotopic (exact) mass is 474 g/mol. The second-order valence-electron chi connectivity index (χ2n) is 7.60. The van der Waals surface area contributed by atoms with E-state index in [1.807, 2.05) is 26.8 Å². The molecule has 1 unspecified atom stereocenters. The Morgan fingerprint density at radius 2 is 1.91 bits per heavy atom. The van der Waals surface area contributed by atoms with Gasteiger partial charge in [0.2, 0.25) is 5.91 Å². The van der Waals surface area contributed by atoms with E-state index in [2.05, 4.69) is 5.32 Å². The molecule has 1 heterocycles. The molecule has 0 saturated heterocycles. The first kappa shape index (κ1) is 23.9. The Bertz CT molecular complexity index is 1350. The van der Waals surface area contributed by atoms with E-state index in [0.29, 0.717) is 27.3 Å². The number of primary amides is 1. The van der Waals surface area contributed by atoms with E-state index in [9.17, 15) is 18.0 Å². The molecule has 0 radical (unpaired) electrons. The summed E-state index contributed by atoms with van der Waals surface area (Å²) in [7, 11) is -3.91. The zero-order valence-electron chi connectivity index (χ0n) is 18.4. The molecule has 7 nitrogen and oxygen atoms in total. The van der Waals surface area contributed by atoms with Crippen LogP contribution in [-0.4, -0.2) is 25.8 Å². The average Bonchev–Trinajstić information content (AvgIpc) is 2.71. The smallest absolute Gasteiger partial charge is 0.233 e. The molecular formula is C23H26N2O5S2. The van der Waals surface area contributed by atoms with Crippen molar-refractivity contribution >= 4 is 44.2 Å². The van der Waals surface area contributed by atoms with E-state index in [4.69, 9.17) is 10.2 Å². The predicted octanol–water partition coefficient (Wildman–Crippen LogP) is 3.95. The van der Waals surface area contributed by atoms with Crippen molar-refractivity contribution in [2.24, 2.45) is 5.73 Å². The van der Waals surface area contributed by atoms with Crippen molar-refractivity contribution in [2.75, 3.05) is 16.8 Å². The molecule has 32 heavy (non-hydrogen) atoms. The molecule has 2 aromatic carbocycles. The highest BCUT2D eigenvalue weighted by molar-refractivity contribution is 7.99. The third kappa shape index (κ3) is 4.83. The number of hydrogen-bond acceptors (Lipinski definition) is 7. The van der Waals surface area contributed by atoms with Crippen LogP contribution in [0, 0.1) is 13.8 Å². The maximum absolute atomic E-state index is 13.0. The molecule has 3 N–H and O–H groups in total. The third-order valence-corrected chi connectivity index (χ3v) is 7.65. The van der Waals surface area contributed by atoms with Gasteiger partial charge in [-0.05, 0) is 50.3 Å². The molecule has 0 spiro atoms. The summed E-state index contributed by atoms with van der Waals surface area (Å²) in [6.45, 7) is 7.49. The number of nitrogens with one attached hydrogen (secondary N) is 1. The summed E-state index contributed by atoms with van der Waals surface area (Å²) in [5.41, 5.74) is 8.05. The quantitative estimate of drug-likeness (QED) is 0.474. The number of amides is 1. The van der Waals surface area contributed by atoms with Gasteiger partial charge in [-0.15, -0.1) is 0 Å². The van der Waals surface area contributed by atoms with E-state index >= 15 is 0 Å². The molecule has 0 bridgehead atoms. The molecule has 3 aromatic rings. The first-order chi connectivity index (χ1) is 15.0. The van der Waals surface area contributed by atoms with Gasteiger partial charge in [0.25, 0.3) is 0 Å². The maximum Gasteiger partial charge on any atom is 0.233 e. The summed E-state index contributed by atoms with van der Waals surface area (Å²) in [5, 5.41) is 4.27. The fourth-order valence-electron chi connectivity index (χ4n) is 3.57. The van der Waals surface area contributed by atoms with Gasteiger partial charge in [0, 0.05) is 11.1 Å². The predicted molar refractivity (Wildman–Crippen MR) is 128 cm³/mol. The molecule has 0 aliphatic rings. The van der Waals surface area contributed by atoms with Gasteiger partial charge in [0.1, 0.15) is 11.3 Å². The Labute approximate surface area is 191 Å². The van der Waals surface area contributed by atoms with Crippen molar-refractivity contribution in [2.45, 2.75) is 43.7 Å². The zero-order chi connectivity index (χ0) is 23.6. The van der Waals surface area contributed by atoms with Crippen LogP contribution in [0.25, 0.3) is 11.0 Å². The maximum atomic E-state index is 13.0. The number of hydrogen-bond donors (Lipinski definition) is 2. The van der Waals surface area contributed by atoms with E-state index in [1.165, 1.54) is 17.8 Å². The van der Waals surface area contributed by atoms with E-state index in [0.717, 1.165) is 16.9 Å². The van der Waals surface area contributed by atoms with Gasteiger partial charge in [0.05, 0.1) is 22.0 Å². The lowest BCUT2D eigenvalue weighted by molar-refractivity contribution is -0.115. The number of sulfone groups is 1. The standard InChI is InChI=1S/C23H26N2O5S2/c1-5-31-23-14(3)21(27)17-11-13(2)10-16(22(17)30-23)15(4)25-18-8-6-7-9-19(18)32(28,29)12-20(24)26/h6-11,15,25H,5,12H2,1-4H3,(H2,24,26). The third-order valence-electron chi connectivity index (χ3n) is 5.02. The number of rotatable bonds is 8. The Morgan fingerprint density at radius 3 is 2.56 bits per heavy atom. The summed E-state index contributed by atoms with van der Waals surface area (Å²) < 4.78 is 31.4. The highest BCUT2D eigenvalue weighted by Gasteiger charge is 2.23. The van der Waals surface area contributed by atoms with Crippen molar-refractivity contribution < 1.29 is 17.6 Å². The molecule has 170 valence electrons. The second-order valence-corrected chi connectivity index (χ2v) is 10.8. The van der Waals surface area contributed by atoms with Crippen LogP contribution in [0.15, 0.2) is 55.6 Å². The highest BCUT2D eigenvalue weighted by atomic mass is 32.2. The van der Waals surface area contributed by atoms with E-state index < -0.39 is 27.5 Å². The largest absolute Gasteiger partial charge is 0.449 e. The topological polar surface area (TPSA) is 119 Å². The van der Waals surface area contributed by atoms with Crippen molar-refractivity contribution in [1.82, 2.24) is 0 Å². The van der Waals surface area contributed by atoms with E-state index in [1.54, 1.807) is 31.2 Å². The summed E-state index contributed by atoms with van der Waals surface area (Å²) in [6.07, 6.45) is 0. The minimum Gasteiger partial charge on any atom is -0.449 e. The van der Waals surface area contributed by atoms with Gasteiger partial charge in [-0.1, -0.05) is 36.9 Å². The minimum absolute atomic E-state index is 0.0119. The molecule has 0 aliphatic heterocycles. The van der Waals surface area contributed by atoms with Crippen molar-refractivity contribution in [1.29, 1.82) is 0 Å². The van der Waals surface area contributed by atoms with Gasteiger partial charge in [-0.3, -0.25) is 9.59 Å². The van der Waals surface area contributed by atoms with Gasteiger partial charge < -0.3 is 15.5 Å². The SMILES string of the molecule is CCSc1oc2c(C(C)Nc3ccccc3S(=O)(=O)CC(N)=O)cc(C)cc2c(=O)c1C. The Balaban J connectivity index is 2.12. The molecule has 0 aliphatic carbocycles. The van der Waals surface area contributed by atoms with Gasteiger partial charge >= 0.3 is 0 Å². The number of benzene rings is 2. The minimum atomic E-state index is -3.91. The molecule has 0 saturated carbocycles. The van der Waals surface area contributed by atoms with Crippen LogP contribution in [0.1, 0.15) is 36.6 Å². The molecule has 3 rings (SSSR count). The fourth-order valence-corrected chi connectivity index (χ4v) is 5.56. The van der Waals surface area contributed by atoms with Crippen LogP contribution in [0.4, 0.5) is 5.69 Å². The van der Waals surface area contributed by atoms with Crippen LogP contribution in [-0.2, 0) is 14.6 Å². The van der Waals surface area contributed by atoms with Crippen molar-refractivity contribution in [3.8, 4) is 0 Å². The summed E-state index contributed by atoms with van der Waals surface area (Å²) >= 11 is 1.46. The first-order valence-corrected chi connectivity index (χ1v) is 12.8. The number of thioether (sulfide) groups is 1. The number of para-hydroxylation sites is 1. The summed E-state index contributed by atoms with van der Waals surface area (Å²) in [5.74, 6) is -0.940. The zero-order valence-corrected chi connectivity index (χ0v) is 20.0. The Hall–Kier alpha value is -2.78. The summed E-state index contributed by atoms with van der Waals surface area (Å²) in [4.78, 5) is 24.2. The number of carbonyl (C=O) groups is 1. The van der Waals surface area contributed by atoms with Gasteiger partial charge in [-0.2, -0.15) is 0 Å². The van der Waals surface area contributed by atoms with Crippen LogP contribution in [0.5, 0.6) is 0 Å². The van der Waals surface area contributed by atoms with Crippen LogP contribution in [0.2, 0.25) is 0 Å². The molecular weight excluding hydrogens is 448 g/mol.